The summed E-state index contributed by atoms with van der Waals surface area (Å²) in [6, 6.07) is 21.5. The molecule has 0 saturated heterocycles. The highest BCUT2D eigenvalue weighted by atomic mass is 19.1. The number of methoxy groups -OCH3 is 1. The number of unbranched alkanes of at least 4 members (excludes halogenated alkanes) is 1. The van der Waals surface area contributed by atoms with Crippen LogP contribution in [0.3, 0.4) is 0 Å². The van der Waals surface area contributed by atoms with E-state index in [9.17, 15) is 9.18 Å². The van der Waals surface area contributed by atoms with Gasteiger partial charge in [0.2, 0.25) is 0 Å². The van der Waals surface area contributed by atoms with Gasteiger partial charge in [0.05, 0.1) is 12.8 Å². The van der Waals surface area contributed by atoms with E-state index in [4.69, 9.17) is 4.74 Å². The summed E-state index contributed by atoms with van der Waals surface area (Å²) >= 11 is 0. The SMILES string of the molecule is CCCCc1ccc(C2=NC(=Cc3ccc(F)cc3)C(=O)N2c2ccc(OC)cc2)cc1. The Hall–Kier alpha value is -3.73. The van der Waals surface area contributed by atoms with Crippen molar-refractivity contribution in [2.75, 3.05) is 12.0 Å². The molecule has 3 aromatic rings. The molecule has 0 bridgehead atoms. The molecular formula is C27H25FN2O2. The first-order valence-electron chi connectivity index (χ1n) is 10.7. The summed E-state index contributed by atoms with van der Waals surface area (Å²) in [7, 11) is 1.60. The van der Waals surface area contributed by atoms with Crippen LogP contribution in [0.4, 0.5) is 10.1 Å². The number of hydrogen-bond acceptors (Lipinski definition) is 3. The van der Waals surface area contributed by atoms with E-state index in [2.05, 4.69) is 24.0 Å². The molecule has 0 fully saturated rings. The number of amidine groups is 1. The molecule has 0 aliphatic carbocycles. The zero-order chi connectivity index (χ0) is 22.5. The van der Waals surface area contributed by atoms with Gasteiger partial charge >= 0.3 is 0 Å². The maximum Gasteiger partial charge on any atom is 0.282 e. The minimum absolute atomic E-state index is 0.232. The highest BCUT2D eigenvalue weighted by Crippen LogP contribution is 2.29. The van der Waals surface area contributed by atoms with Crippen molar-refractivity contribution in [2.24, 2.45) is 4.99 Å². The van der Waals surface area contributed by atoms with Crippen LogP contribution in [0.1, 0.15) is 36.5 Å². The van der Waals surface area contributed by atoms with Crippen LogP contribution in [-0.4, -0.2) is 18.9 Å². The minimum Gasteiger partial charge on any atom is -0.497 e. The van der Waals surface area contributed by atoms with Gasteiger partial charge in [-0.3, -0.25) is 9.69 Å². The van der Waals surface area contributed by atoms with E-state index >= 15 is 0 Å². The quantitative estimate of drug-likeness (QED) is 0.433. The van der Waals surface area contributed by atoms with Gasteiger partial charge in [0.25, 0.3) is 5.91 Å². The summed E-state index contributed by atoms with van der Waals surface area (Å²) in [6.07, 6.45) is 4.99. The molecule has 3 aromatic carbocycles. The Morgan fingerprint density at radius 3 is 2.28 bits per heavy atom. The lowest BCUT2D eigenvalue weighted by Gasteiger charge is -2.19. The monoisotopic (exact) mass is 428 g/mol. The van der Waals surface area contributed by atoms with E-state index in [1.165, 1.54) is 17.7 Å². The van der Waals surface area contributed by atoms with Gasteiger partial charge in [-0.2, -0.15) is 0 Å². The van der Waals surface area contributed by atoms with Gasteiger partial charge in [0.1, 0.15) is 23.1 Å². The number of nitrogens with zero attached hydrogens (tertiary/aromatic N) is 2. The van der Waals surface area contributed by atoms with Gasteiger partial charge in [-0.05, 0) is 66.4 Å². The Labute approximate surface area is 187 Å². The third-order valence-electron chi connectivity index (χ3n) is 5.40. The number of ether oxygens (including phenoxy) is 1. The maximum atomic E-state index is 13.4. The van der Waals surface area contributed by atoms with Gasteiger partial charge in [-0.15, -0.1) is 0 Å². The first kappa shape index (κ1) is 21.5. The fourth-order valence-corrected chi connectivity index (χ4v) is 3.60. The molecule has 5 heteroatoms. The fraction of sp³-hybridized carbons (Fsp3) is 0.185. The Morgan fingerprint density at radius 1 is 0.969 bits per heavy atom. The van der Waals surface area contributed by atoms with Crippen LogP contribution in [-0.2, 0) is 11.2 Å². The number of benzene rings is 3. The van der Waals surface area contributed by atoms with E-state index in [-0.39, 0.29) is 11.7 Å². The topological polar surface area (TPSA) is 41.9 Å². The Morgan fingerprint density at radius 2 is 1.66 bits per heavy atom. The summed E-state index contributed by atoms with van der Waals surface area (Å²) in [5, 5.41) is 0. The van der Waals surface area contributed by atoms with Crippen molar-refractivity contribution in [2.45, 2.75) is 26.2 Å². The predicted molar refractivity (Wildman–Crippen MR) is 126 cm³/mol. The van der Waals surface area contributed by atoms with Crippen LogP contribution in [0, 0.1) is 5.82 Å². The standard InChI is InChI=1S/C27H25FN2O2/c1-3-4-5-19-6-10-21(11-7-19)26-29-25(18-20-8-12-22(28)13-9-20)27(31)30(26)23-14-16-24(32-2)17-15-23/h6-18H,3-5H2,1-2H3. The van der Waals surface area contributed by atoms with Crippen molar-refractivity contribution in [3.8, 4) is 5.75 Å². The third kappa shape index (κ3) is 4.62. The highest BCUT2D eigenvalue weighted by Gasteiger charge is 2.32. The third-order valence-corrected chi connectivity index (χ3v) is 5.40. The second-order valence-corrected chi connectivity index (χ2v) is 7.66. The number of hydrogen-bond donors (Lipinski definition) is 0. The smallest absolute Gasteiger partial charge is 0.282 e. The number of anilines is 1. The molecule has 0 saturated carbocycles. The normalized spacial score (nSPS) is 14.7. The first-order valence-corrected chi connectivity index (χ1v) is 10.7. The molecule has 0 spiro atoms. The molecule has 1 amide bonds. The molecule has 4 rings (SSSR count). The summed E-state index contributed by atoms with van der Waals surface area (Å²) in [5.41, 5.74) is 3.84. The molecule has 162 valence electrons. The van der Waals surface area contributed by atoms with E-state index in [0.717, 1.165) is 24.8 Å². The van der Waals surface area contributed by atoms with Crippen LogP contribution >= 0.6 is 0 Å². The van der Waals surface area contributed by atoms with E-state index in [0.29, 0.717) is 28.5 Å². The predicted octanol–water partition coefficient (Wildman–Crippen LogP) is 6.01. The zero-order valence-electron chi connectivity index (χ0n) is 18.2. The summed E-state index contributed by atoms with van der Waals surface area (Å²) < 4.78 is 18.5. The van der Waals surface area contributed by atoms with Crippen molar-refractivity contribution in [1.29, 1.82) is 0 Å². The van der Waals surface area contributed by atoms with Gasteiger partial charge < -0.3 is 4.74 Å². The number of amides is 1. The molecule has 1 heterocycles. The lowest BCUT2D eigenvalue weighted by molar-refractivity contribution is -0.113. The largest absolute Gasteiger partial charge is 0.497 e. The lowest BCUT2D eigenvalue weighted by atomic mass is 10.1. The second-order valence-electron chi connectivity index (χ2n) is 7.66. The van der Waals surface area contributed by atoms with E-state index < -0.39 is 0 Å². The number of rotatable bonds is 7. The van der Waals surface area contributed by atoms with Crippen LogP contribution in [0.15, 0.2) is 83.5 Å². The molecule has 0 atom stereocenters. The van der Waals surface area contributed by atoms with Crippen molar-refractivity contribution in [3.05, 3.63) is 101 Å². The van der Waals surface area contributed by atoms with Crippen molar-refractivity contribution in [1.82, 2.24) is 0 Å². The lowest BCUT2D eigenvalue weighted by Crippen LogP contribution is -2.32. The minimum atomic E-state index is -0.322. The molecule has 0 aromatic heterocycles. The number of carbonyl (C=O) groups is 1. The number of halogens is 1. The first-order chi connectivity index (χ1) is 15.6. The molecule has 1 aliphatic heterocycles. The van der Waals surface area contributed by atoms with Crippen LogP contribution in [0.25, 0.3) is 6.08 Å². The van der Waals surface area contributed by atoms with Crippen LogP contribution < -0.4 is 9.64 Å². The van der Waals surface area contributed by atoms with Crippen molar-refractivity contribution >= 4 is 23.5 Å². The van der Waals surface area contributed by atoms with Crippen molar-refractivity contribution < 1.29 is 13.9 Å². The average Bonchev–Trinajstić information content (AvgIpc) is 3.15. The molecule has 32 heavy (non-hydrogen) atoms. The van der Waals surface area contributed by atoms with Gasteiger partial charge in [0, 0.05) is 5.56 Å². The molecule has 4 nitrogen and oxygen atoms in total. The van der Waals surface area contributed by atoms with E-state index in [1.54, 1.807) is 30.2 Å². The summed E-state index contributed by atoms with van der Waals surface area (Å²) in [6.45, 7) is 2.18. The molecular weight excluding hydrogens is 403 g/mol. The summed E-state index contributed by atoms with van der Waals surface area (Å²) in [5.74, 6) is 0.721. The Kier molecular flexibility index (Phi) is 6.45. The number of aryl methyl sites for hydroxylation is 1. The highest BCUT2D eigenvalue weighted by molar-refractivity contribution is 6.33. The van der Waals surface area contributed by atoms with Gasteiger partial charge in [-0.25, -0.2) is 9.38 Å². The molecule has 0 N–H and O–H groups in total. The second kappa shape index (κ2) is 9.60. The average molecular weight is 429 g/mol. The Bertz CT molecular complexity index is 1150. The molecule has 0 unspecified atom stereocenters. The van der Waals surface area contributed by atoms with Gasteiger partial charge in [-0.1, -0.05) is 49.7 Å². The van der Waals surface area contributed by atoms with Crippen LogP contribution in [0.5, 0.6) is 5.75 Å². The van der Waals surface area contributed by atoms with Gasteiger partial charge in [0.15, 0.2) is 0 Å². The molecule has 1 aliphatic rings. The maximum absolute atomic E-state index is 13.4. The van der Waals surface area contributed by atoms with Crippen molar-refractivity contribution in [3.63, 3.8) is 0 Å². The number of aliphatic imine (C=N–C) groups is 1. The number of carbonyl (C=O) groups excluding carboxylic acids is 1. The zero-order valence-corrected chi connectivity index (χ0v) is 18.2. The van der Waals surface area contributed by atoms with Crippen LogP contribution in [0.2, 0.25) is 0 Å². The fourth-order valence-electron chi connectivity index (χ4n) is 3.60. The molecule has 0 radical (unpaired) electrons. The van der Waals surface area contributed by atoms with E-state index in [1.807, 2.05) is 36.4 Å². The Balaban J connectivity index is 1.73. The summed E-state index contributed by atoms with van der Waals surface area (Å²) in [4.78, 5) is 19.6.